The van der Waals surface area contributed by atoms with Gasteiger partial charge in [0.15, 0.2) is 5.70 Å². The van der Waals surface area contributed by atoms with Crippen LogP contribution in [0.25, 0.3) is 6.08 Å². The first kappa shape index (κ1) is 20.1. The van der Waals surface area contributed by atoms with Gasteiger partial charge in [0.05, 0.1) is 12.7 Å². The predicted molar refractivity (Wildman–Crippen MR) is 119 cm³/mol. The number of methoxy groups -OCH3 is 1. The number of carbonyl (C=O) groups excluding carboxylic acids is 2. The van der Waals surface area contributed by atoms with Crippen molar-refractivity contribution in [3.63, 3.8) is 0 Å². The van der Waals surface area contributed by atoms with E-state index in [2.05, 4.69) is 10.3 Å². The molecule has 1 aliphatic rings. The lowest BCUT2D eigenvalue weighted by molar-refractivity contribution is -0.129. The molecule has 6 heteroatoms. The van der Waals surface area contributed by atoms with Crippen LogP contribution in [0.2, 0.25) is 0 Å². The lowest BCUT2D eigenvalue weighted by Gasteiger charge is -2.06. The van der Waals surface area contributed by atoms with E-state index in [1.807, 2.05) is 37.3 Å². The second-order valence-electron chi connectivity index (χ2n) is 6.98. The normalized spacial score (nSPS) is 14.2. The van der Waals surface area contributed by atoms with Crippen LogP contribution in [0, 0.1) is 6.92 Å². The minimum Gasteiger partial charge on any atom is -0.496 e. The summed E-state index contributed by atoms with van der Waals surface area (Å²) in [7, 11) is 1.54. The summed E-state index contributed by atoms with van der Waals surface area (Å²) in [5, 5.41) is 2.87. The topological polar surface area (TPSA) is 77.0 Å². The second kappa shape index (κ2) is 8.67. The minimum atomic E-state index is -0.546. The van der Waals surface area contributed by atoms with Crippen molar-refractivity contribution >= 4 is 29.5 Å². The van der Waals surface area contributed by atoms with Crippen molar-refractivity contribution < 1.29 is 19.1 Å². The number of nitrogens with zero attached hydrogens (tertiary/aromatic N) is 1. The van der Waals surface area contributed by atoms with Crippen molar-refractivity contribution in [2.75, 3.05) is 12.4 Å². The molecule has 0 atom stereocenters. The van der Waals surface area contributed by atoms with Crippen LogP contribution in [0.5, 0.6) is 5.75 Å². The molecule has 6 nitrogen and oxygen atoms in total. The summed E-state index contributed by atoms with van der Waals surface area (Å²) in [4.78, 5) is 29.1. The van der Waals surface area contributed by atoms with Gasteiger partial charge in [-0.2, -0.15) is 0 Å². The molecule has 0 bridgehead atoms. The van der Waals surface area contributed by atoms with Gasteiger partial charge in [-0.1, -0.05) is 42.0 Å². The van der Waals surface area contributed by atoms with Crippen molar-refractivity contribution in [2.45, 2.75) is 6.92 Å². The first-order valence-corrected chi connectivity index (χ1v) is 9.67. The van der Waals surface area contributed by atoms with E-state index < -0.39 is 5.97 Å². The summed E-state index contributed by atoms with van der Waals surface area (Å²) in [6.45, 7) is 1.97. The quantitative estimate of drug-likeness (QED) is 0.491. The first-order valence-electron chi connectivity index (χ1n) is 9.67. The molecule has 0 aromatic heterocycles. The summed E-state index contributed by atoms with van der Waals surface area (Å²) in [5.41, 5.74) is 3.74. The van der Waals surface area contributed by atoms with E-state index in [1.54, 1.807) is 55.7 Å². The second-order valence-corrected chi connectivity index (χ2v) is 6.98. The van der Waals surface area contributed by atoms with Gasteiger partial charge in [-0.15, -0.1) is 0 Å². The summed E-state index contributed by atoms with van der Waals surface area (Å²) in [6, 6.07) is 21.7. The molecule has 0 unspecified atom stereocenters. The SMILES string of the molecule is COc1ccccc1C1=NC(=Cc2cccc(NC(=O)c3ccc(C)cc3)c2)C(=O)O1. The molecule has 0 saturated heterocycles. The lowest BCUT2D eigenvalue weighted by atomic mass is 10.1. The van der Waals surface area contributed by atoms with Crippen LogP contribution in [-0.2, 0) is 9.53 Å². The van der Waals surface area contributed by atoms with Crippen LogP contribution in [0.4, 0.5) is 5.69 Å². The Morgan fingerprint density at radius 2 is 1.81 bits per heavy atom. The van der Waals surface area contributed by atoms with Gasteiger partial charge in [-0.05, 0) is 55.0 Å². The number of carbonyl (C=O) groups is 2. The molecular weight excluding hydrogens is 392 g/mol. The van der Waals surface area contributed by atoms with Gasteiger partial charge in [0.2, 0.25) is 5.90 Å². The Morgan fingerprint density at radius 3 is 2.58 bits per heavy atom. The fourth-order valence-corrected chi connectivity index (χ4v) is 3.12. The first-order chi connectivity index (χ1) is 15.0. The number of aliphatic imine (C=N–C) groups is 1. The van der Waals surface area contributed by atoms with Crippen molar-refractivity contribution in [1.82, 2.24) is 0 Å². The third-order valence-corrected chi connectivity index (χ3v) is 4.72. The Balaban J connectivity index is 1.56. The molecule has 31 heavy (non-hydrogen) atoms. The van der Waals surface area contributed by atoms with Gasteiger partial charge in [0.1, 0.15) is 5.75 Å². The number of benzene rings is 3. The van der Waals surface area contributed by atoms with Crippen LogP contribution in [-0.4, -0.2) is 24.9 Å². The van der Waals surface area contributed by atoms with E-state index in [0.29, 0.717) is 28.1 Å². The maximum atomic E-state index is 12.5. The third kappa shape index (κ3) is 4.53. The Labute approximate surface area is 179 Å². The number of ether oxygens (including phenoxy) is 2. The van der Waals surface area contributed by atoms with Gasteiger partial charge in [0.25, 0.3) is 5.91 Å². The molecule has 0 aliphatic carbocycles. The van der Waals surface area contributed by atoms with E-state index in [9.17, 15) is 9.59 Å². The van der Waals surface area contributed by atoms with E-state index in [4.69, 9.17) is 9.47 Å². The number of nitrogens with one attached hydrogen (secondary N) is 1. The van der Waals surface area contributed by atoms with Gasteiger partial charge in [-0.25, -0.2) is 9.79 Å². The zero-order valence-corrected chi connectivity index (χ0v) is 17.1. The van der Waals surface area contributed by atoms with E-state index in [-0.39, 0.29) is 17.5 Å². The lowest BCUT2D eigenvalue weighted by Crippen LogP contribution is -2.11. The fraction of sp³-hybridized carbons (Fsp3) is 0.0800. The van der Waals surface area contributed by atoms with Crippen LogP contribution >= 0.6 is 0 Å². The maximum Gasteiger partial charge on any atom is 0.363 e. The molecule has 0 fully saturated rings. The van der Waals surface area contributed by atoms with Crippen molar-refractivity contribution in [3.8, 4) is 5.75 Å². The van der Waals surface area contributed by atoms with Crippen LogP contribution < -0.4 is 10.1 Å². The predicted octanol–water partition coefficient (Wildman–Crippen LogP) is 4.60. The molecule has 1 aliphatic heterocycles. The third-order valence-electron chi connectivity index (χ3n) is 4.72. The number of anilines is 1. The fourth-order valence-electron chi connectivity index (χ4n) is 3.12. The monoisotopic (exact) mass is 412 g/mol. The van der Waals surface area contributed by atoms with Gasteiger partial charge < -0.3 is 14.8 Å². The van der Waals surface area contributed by atoms with Crippen LogP contribution in [0.1, 0.15) is 27.0 Å². The molecule has 0 spiro atoms. The standard InChI is InChI=1S/C25H20N2O4/c1-16-10-12-18(13-11-16)23(28)26-19-7-5-6-17(14-19)15-21-25(29)31-24(27-21)20-8-3-4-9-22(20)30-2/h3-15H,1-2H3,(H,26,28). The van der Waals surface area contributed by atoms with Crippen LogP contribution in [0.3, 0.4) is 0 Å². The Bertz CT molecular complexity index is 1210. The number of cyclic esters (lactones) is 1. The number of hydrogen-bond acceptors (Lipinski definition) is 5. The minimum absolute atomic E-state index is 0.169. The zero-order valence-electron chi connectivity index (χ0n) is 17.1. The molecule has 0 radical (unpaired) electrons. The number of amides is 1. The Hall–Kier alpha value is -4.19. The molecule has 3 aromatic rings. The van der Waals surface area contributed by atoms with Gasteiger partial charge in [0, 0.05) is 11.3 Å². The molecule has 4 rings (SSSR count). The van der Waals surface area contributed by atoms with Crippen molar-refractivity contribution in [1.29, 1.82) is 0 Å². The van der Waals surface area contributed by atoms with Gasteiger partial charge >= 0.3 is 5.97 Å². The molecule has 1 amide bonds. The average Bonchev–Trinajstić information content (AvgIpc) is 3.14. The smallest absolute Gasteiger partial charge is 0.363 e. The van der Waals surface area contributed by atoms with E-state index in [1.165, 1.54) is 0 Å². The summed E-state index contributed by atoms with van der Waals surface area (Å²) in [6.07, 6.45) is 1.62. The molecule has 3 aromatic carbocycles. The van der Waals surface area contributed by atoms with Gasteiger partial charge in [-0.3, -0.25) is 4.79 Å². The molecule has 1 N–H and O–H groups in total. The Morgan fingerprint density at radius 1 is 1.03 bits per heavy atom. The summed E-state index contributed by atoms with van der Waals surface area (Å²) >= 11 is 0. The molecule has 0 saturated carbocycles. The highest BCUT2D eigenvalue weighted by Gasteiger charge is 2.26. The number of esters is 1. The van der Waals surface area contributed by atoms with E-state index in [0.717, 1.165) is 5.56 Å². The number of hydrogen-bond donors (Lipinski definition) is 1. The highest BCUT2D eigenvalue weighted by molar-refractivity contribution is 6.14. The van der Waals surface area contributed by atoms with Crippen molar-refractivity contribution in [3.05, 3.63) is 101 Å². The number of rotatable bonds is 5. The number of aryl methyl sites for hydroxylation is 1. The molecule has 1 heterocycles. The van der Waals surface area contributed by atoms with E-state index >= 15 is 0 Å². The maximum absolute atomic E-state index is 12.5. The average molecular weight is 412 g/mol. The highest BCUT2D eigenvalue weighted by Crippen LogP contribution is 2.25. The molecular formula is C25H20N2O4. The molecule has 154 valence electrons. The van der Waals surface area contributed by atoms with Crippen molar-refractivity contribution in [2.24, 2.45) is 4.99 Å². The van der Waals surface area contributed by atoms with Crippen LogP contribution in [0.15, 0.2) is 83.5 Å². The highest BCUT2D eigenvalue weighted by atomic mass is 16.6. The largest absolute Gasteiger partial charge is 0.496 e. The zero-order chi connectivity index (χ0) is 21.8. The summed E-state index contributed by atoms with van der Waals surface area (Å²) in [5.74, 6) is 0.00482. The Kier molecular flexibility index (Phi) is 5.62. The number of para-hydroxylation sites is 1. The summed E-state index contributed by atoms with van der Waals surface area (Å²) < 4.78 is 10.6.